The quantitative estimate of drug-likeness (QED) is 0.651. The van der Waals surface area contributed by atoms with Crippen LogP contribution in [0, 0.1) is 10.1 Å². The summed E-state index contributed by atoms with van der Waals surface area (Å²) in [7, 11) is 0. The first-order valence-corrected chi connectivity index (χ1v) is 6.62. The molecule has 0 spiro atoms. The third-order valence-electron chi connectivity index (χ3n) is 2.60. The van der Waals surface area contributed by atoms with Gasteiger partial charge >= 0.3 is 11.7 Å². The zero-order valence-electron chi connectivity index (χ0n) is 11.2. The molecule has 7 nitrogen and oxygen atoms in total. The molecule has 0 aliphatic carbocycles. The lowest BCUT2D eigenvalue weighted by Crippen LogP contribution is -2.12. The molecule has 0 amide bonds. The summed E-state index contributed by atoms with van der Waals surface area (Å²) in [6.07, 6.45) is 3.18. The fourth-order valence-electron chi connectivity index (χ4n) is 1.59. The minimum absolute atomic E-state index is 0.00597. The summed E-state index contributed by atoms with van der Waals surface area (Å²) in [6.45, 7) is 3.47. The molecule has 0 radical (unpaired) electrons. The molecule has 1 N–H and O–H groups in total. The van der Waals surface area contributed by atoms with Gasteiger partial charge in [-0.05, 0) is 12.6 Å². The van der Waals surface area contributed by atoms with Gasteiger partial charge in [0.1, 0.15) is 0 Å². The summed E-state index contributed by atoms with van der Waals surface area (Å²) in [5, 5.41) is 14.2. The number of nitro benzene ring substituents is 1. The molecule has 0 saturated heterocycles. The molecule has 0 aliphatic heterocycles. The van der Waals surface area contributed by atoms with Crippen LogP contribution in [0.2, 0.25) is 5.02 Å². The maximum Gasteiger partial charge on any atom is 0.322 e. The summed E-state index contributed by atoms with van der Waals surface area (Å²) in [4.78, 5) is 18.4. The number of hydrogen-bond acceptors (Lipinski definition) is 6. The summed E-state index contributed by atoms with van der Waals surface area (Å²) in [5.41, 5.74) is 0.653. The molecule has 1 aromatic carbocycles. The Balaban J connectivity index is 2.20. The average Bonchev–Trinajstić information content (AvgIpc) is 2.48. The van der Waals surface area contributed by atoms with E-state index in [1.807, 2.05) is 6.92 Å². The Kier molecular flexibility index (Phi) is 5.02. The lowest BCUT2D eigenvalue weighted by molar-refractivity contribution is -0.385. The van der Waals surface area contributed by atoms with E-state index in [-0.39, 0.29) is 22.5 Å². The third-order valence-corrected chi connectivity index (χ3v) is 2.89. The number of hydrogen-bond donors (Lipinski definition) is 1. The fraction of sp³-hybridized carbons (Fsp3) is 0.231. The second-order valence-corrected chi connectivity index (χ2v) is 4.51. The van der Waals surface area contributed by atoms with Gasteiger partial charge in [0, 0.05) is 30.6 Å². The van der Waals surface area contributed by atoms with Crippen molar-refractivity contribution in [2.45, 2.75) is 13.5 Å². The van der Waals surface area contributed by atoms with Crippen molar-refractivity contribution in [2.75, 3.05) is 6.54 Å². The molecule has 0 saturated carbocycles. The van der Waals surface area contributed by atoms with Gasteiger partial charge in [0.25, 0.3) is 0 Å². The van der Waals surface area contributed by atoms with E-state index in [9.17, 15) is 10.1 Å². The highest BCUT2D eigenvalue weighted by Gasteiger charge is 2.19. The highest BCUT2D eigenvalue weighted by molar-refractivity contribution is 6.32. The lowest BCUT2D eigenvalue weighted by Gasteiger charge is -2.07. The standard InChI is InChI=1S/C13H13ClN4O3/c1-2-15-6-9-7-16-13(17-8-9)21-12-10(14)4-3-5-11(12)18(19)20/h3-5,7-8,15H,2,6H2,1H3. The van der Waals surface area contributed by atoms with Gasteiger partial charge in [-0.2, -0.15) is 0 Å². The van der Waals surface area contributed by atoms with Gasteiger partial charge in [-0.1, -0.05) is 24.6 Å². The zero-order valence-corrected chi connectivity index (χ0v) is 12.0. The van der Waals surface area contributed by atoms with Crippen LogP contribution in [0.3, 0.4) is 0 Å². The van der Waals surface area contributed by atoms with Gasteiger partial charge < -0.3 is 10.1 Å². The van der Waals surface area contributed by atoms with Gasteiger partial charge in [-0.3, -0.25) is 10.1 Å². The molecular formula is C13H13ClN4O3. The number of nitrogens with zero attached hydrogens (tertiary/aromatic N) is 3. The molecule has 1 aromatic heterocycles. The number of aromatic nitrogens is 2. The monoisotopic (exact) mass is 308 g/mol. The van der Waals surface area contributed by atoms with Gasteiger partial charge in [0.15, 0.2) is 0 Å². The first-order valence-electron chi connectivity index (χ1n) is 6.24. The van der Waals surface area contributed by atoms with E-state index >= 15 is 0 Å². The van der Waals surface area contributed by atoms with Crippen molar-refractivity contribution in [3.63, 3.8) is 0 Å². The Bertz CT molecular complexity index is 634. The second-order valence-electron chi connectivity index (χ2n) is 4.10. The molecule has 8 heteroatoms. The smallest absolute Gasteiger partial charge is 0.322 e. The topological polar surface area (TPSA) is 90.2 Å². The molecular weight excluding hydrogens is 296 g/mol. The third kappa shape index (κ3) is 3.87. The first kappa shape index (κ1) is 15.1. The Hall–Kier alpha value is -2.25. The SMILES string of the molecule is CCNCc1cnc(Oc2c(Cl)cccc2[N+](=O)[O-])nc1. The van der Waals surface area contributed by atoms with Crippen molar-refractivity contribution in [1.82, 2.24) is 15.3 Å². The van der Waals surface area contributed by atoms with Crippen molar-refractivity contribution in [2.24, 2.45) is 0 Å². The highest BCUT2D eigenvalue weighted by Crippen LogP contribution is 2.36. The Morgan fingerprint density at radius 3 is 2.71 bits per heavy atom. The summed E-state index contributed by atoms with van der Waals surface area (Å²) in [6, 6.07) is 4.30. The van der Waals surface area contributed by atoms with Crippen molar-refractivity contribution < 1.29 is 9.66 Å². The largest absolute Gasteiger partial charge is 0.415 e. The van der Waals surface area contributed by atoms with Crippen LogP contribution in [0.1, 0.15) is 12.5 Å². The zero-order chi connectivity index (χ0) is 15.2. The van der Waals surface area contributed by atoms with Crippen molar-refractivity contribution in [1.29, 1.82) is 0 Å². The molecule has 0 atom stereocenters. The predicted octanol–water partition coefficient (Wildman–Crippen LogP) is 2.94. The number of ether oxygens (including phenoxy) is 1. The van der Waals surface area contributed by atoms with Crippen LogP contribution in [0.25, 0.3) is 0 Å². The number of halogens is 1. The summed E-state index contributed by atoms with van der Waals surface area (Å²) in [5.74, 6) is -0.0661. The molecule has 110 valence electrons. The van der Waals surface area contributed by atoms with E-state index in [1.165, 1.54) is 18.2 Å². The molecule has 21 heavy (non-hydrogen) atoms. The van der Waals surface area contributed by atoms with E-state index in [4.69, 9.17) is 16.3 Å². The lowest BCUT2D eigenvalue weighted by atomic mass is 10.3. The molecule has 0 bridgehead atoms. The Labute approximate surface area is 126 Å². The van der Waals surface area contributed by atoms with Crippen LogP contribution in [0.5, 0.6) is 11.8 Å². The van der Waals surface area contributed by atoms with Crippen LogP contribution in [-0.2, 0) is 6.54 Å². The number of benzene rings is 1. The maximum atomic E-state index is 11.0. The van der Waals surface area contributed by atoms with Crippen molar-refractivity contribution >= 4 is 17.3 Å². The minimum atomic E-state index is -0.569. The predicted molar refractivity (Wildman–Crippen MR) is 77.6 cm³/mol. The first-order chi connectivity index (χ1) is 10.1. The minimum Gasteiger partial charge on any atom is -0.415 e. The second kappa shape index (κ2) is 6.96. The highest BCUT2D eigenvalue weighted by atomic mass is 35.5. The summed E-state index contributed by atoms with van der Waals surface area (Å²) >= 11 is 5.93. The molecule has 1 heterocycles. The molecule has 0 fully saturated rings. The normalized spacial score (nSPS) is 10.4. The van der Waals surface area contributed by atoms with Crippen LogP contribution < -0.4 is 10.1 Å². The van der Waals surface area contributed by atoms with E-state index in [1.54, 1.807) is 12.4 Å². The molecule has 2 aromatic rings. The fourth-order valence-corrected chi connectivity index (χ4v) is 1.80. The Morgan fingerprint density at radius 2 is 2.10 bits per heavy atom. The maximum absolute atomic E-state index is 11.0. The van der Waals surface area contributed by atoms with Crippen molar-refractivity contribution in [3.8, 4) is 11.8 Å². The van der Waals surface area contributed by atoms with Crippen LogP contribution in [-0.4, -0.2) is 21.4 Å². The van der Waals surface area contributed by atoms with E-state index in [0.717, 1.165) is 12.1 Å². The Morgan fingerprint density at radius 1 is 1.38 bits per heavy atom. The van der Waals surface area contributed by atoms with Crippen LogP contribution in [0.4, 0.5) is 5.69 Å². The number of nitro groups is 1. The van der Waals surface area contributed by atoms with Gasteiger partial charge in [-0.25, -0.2) is 9.97 Å². The number of para-hydroxylation sites is 1. The number of nitrogens with one attached hydrogen (secondary N) is 1. The molecule has 0 unspecified atom stereocenters. The van der Waals surface area contributed by atoms with Crippen molar-refractivity contribution in [3.05, 3.63) is 51.3 Å². The average molecular weight is 309 g/mol. The van der Waals surface area contributed by atoms with E-state index in [0.29, 0.717) is 6.54 Å². The number of rotatable bonds is 6. The van der Waals surface area contributed by atoms with Gasteiger partial charge in [-0.15, -0.1) is 0 Å². The van der Waals surface area contributed by atoms with Gasteiger partial charge in [0.2, 0.25) is 5.75 Å². The van der Waals surface area contributed by atoms with Gasteiger partial charge in [0.05, 0.1) is 9.95 Å². The molecule has 2 rings (SSSR count). The van der Waals surface area contributed by atoms with E-state index in [2.05, 4.69) is 15.3 Å². The summed E-state index contributed by atoms with van der Waals surface area (Å²) < 4.78 is 5.34. The van der Waals surface area contributed by atoms with Crippen LogP contribution in [0.15, 0.2) is 30.6 Å². The van der Waals surface area contributed by atoms with Crippen LogP contribution >= 0.6 is 11.6 Å². The molecule has 0 aliphatic rings. The van der Waals surface area contributed by atoms with E-state index < -0.39 is 4.92 Å².